The summed E-state index contributed by atoms with van der Waals surface area (Å²) in [6.45, 7) is 3.50. The Morgan fingerprint density at radius 2 is 1.69 bits per heavy atom. The maximum Gasteiger partial charge on any atom is 0.276 e. The van der Waals surface area contributed by atoms with Crippen LogP contribution in [-0.4, -0.2) is 30.5 Å². The van der Waals surface area contributed by atoms with Crippen LogP contribution in [0.25, 0.3) is 0 Å². The van der Waals surface area contributed by atoms with Crippen LogP contribution in [0, 0.1) is 5.92 Å². The minimum atomic E-state index is -4.37. The van der Waals surface area contributed by atoms with E-state index < -0.39 is 21.2 Å². The highest BCUT2D eigenvalue weighted by atomic mass is 32.2. The summed E-state index contributed by atoms with van der Waals surface area (Å²) in [5.74, 6) is -0.765. The molecule has 96 valence electrons. The third-order valence-corrected chi connectivity index (χ3v) is 3.71. The summed E-state index contributed by atoms with van der Waals surface area (Å²) in [7, 11) is -4.37. The summed E-state index contributed by atoms with van der Waals surface area (Å²) in [6, 6.07) is 0. The van der Waals surface area contributed by atoms with E-state index >= 15 is 0 Å². The van der Waals surface area contributed by atoms with Gasteiger partial charge in [-0.2, -0.15) is 8.42 Å². The smallest absolute Gasteiger partial charge is 0.276 e. The molecule has 5 nitrogen and oxygen atoms in total. The summed E-state index contributed by atoms with van der Waals surface area (Å²) >= 11 is 0. The van der Waals surface area contributed by atoms with Gasteiger partial charge in [0.25, 0.3) is 10.1 Å². The van der Waals surface area contributed by atoms with Crippen LogP contribution in [0.1, 0.15) is 39.5 Å². The van der Waals surface area contributed by atoms with Crippen molar-refractivity contribution in [2.75, 3.05) is 6.54 Å². The Labute approximate surface area is 97.2 Å². The van der Waals surface area contributed by atoms with Crippen LogP contribution in [0.2, 0.25) is 0 Å². The van der Waals surface area contributed by atoms with E-state index in [-0.39, 0.29) is 12.5 Å². The number of carbonyl (C=O) groups excluding carboxylic acids is 1. The molecule has 0 aliphatic carbocycles. The topological polar surface area (TPSA) is 97.5 Å². The number of ketones is 1. The van der Waals surface area contributed by atoms with Gasteiger partial charge < -0.3 is 5.73 Å². The van der Waals surface area contributed by atoms with Crippen LogP contribution in [-0.2, 0) is 14.9 Å². The zero-order valence-electron chi connectivity index (χ0n) is 9.85. The van der Waals surface area contributed by atoms with Gasteiger partial charge in [-0.15, -0.1) is 0 Å². The first-order valence-corrected chi connectivity index (χ1v) is 7.08. The summed E-state index contributed by atoms with van der Waals surface area (Å²) in [4.78, 5) is 11.9. The van der Waals surface area contributed by atoms with E-state index in [0.717, 1.165) is 12.8 Å². The second-order valence-corrected chi connectivity index (χ2v) is 5.51. The standard InChI is InChI=1S/C10H21NO4S/c1-3-5-8(6-4-2)10(12)9(7-11)16(13,14)15/h8-9H,3-7,11H2,1-2H3,(H,13,14,15). The lowest BCUT2D eigenvalue weighted by atomic mass is 9.92. The third kappa shape index (κ3) is 4.59. The summed E-state index contributed by atoms with van der Waals surface area (Å²) in [5.41, 5.74) is 5.23. The fraction of sp³-hybridized carbons (Fsp3) is 0.900. The van der Waals surface area contributed by atoms with Crippen LogP contribution >= 0.6 is 0 Å². The average Bonchev–Trinajstić information content (AvgIpc) is 2.16. The van der Waals surface area contributed by atoms with Crippen molar-refractivity contribution >= 4 is 15.9 Å². The molecule has 0 bridgehead atoms. The van der Waals surface area contributed by atoms with Crippen LogP contribution in [0.4, 0.5) is 0 Å². The molecule has 6 heteroatoms. The molecule has 0 aliphatic heterocycles. The fourth-order valence-electron chi connectivity index (χ4n) is 1.77. The van der Waals surface area contributed by atoms with E-state index in [1.54, 1.807) is 0 Å². The molecule has 16 heavy (non-hydrogen) atoms. The lowest BCUT2D eigenvalue weighted by Gasteiger charge is -2.18. The minimum Gasteiger partial charge on any atom is -0.329 e. The van der Waals surface area contributed by atoms with Gasteiger partial charge in [-0.05, 0) is 12.8 Å². The first-order chi connectivity index (χ1) is 7.38. The summed E-state index contributed by atoms with van der Waals surface area (Å²) in [5, 5.41) is -1.46. The van der Waals surface area contributed by atoms with Crippen molar-refractivity contribution in [3.63, 3.8) is 0 Å². The molecule has 0 aromatic carbocycles. The van der Waals surface area contributed by atoms with Crippen molar-refractivity contribution in [2.24, 2.45) is 11.7 Å². The van der Waals surface area contributed by atoms with E-state index in [9.17, 15) is 13.2 Å². The van der Waals surface area contributed by atoms with Gasteiger partial charge in [0.15, 0.2) is 11.0 Å². The Kier molecular flexibility index (Phi) is 6.78. The molecule has 0 saturated heterocycles. The zero-order valence-corrected chi connectivity index (χ0v) is 10.7. The molecule has 0 amide bonds. The lowest BCUT2D eigenvalue weighted by molar-refractivity contribution is -0.122. The first-order valence-electron chi connectivity index (χ1n) is 5.58. The predicted molar refractivity (Wildman–Crippen MR) is 62.7 cm³/mol. The van der Waals surface area contributed by atoms with Gasteiger partial charge in [0, 0.05) is 12.5 Å². The van der Waals surface area contributed by atoms with Crippen molar-refractivity contribution in [3.8, 4) is 0 Å². The Morgan fingerprint density at radius 1 is 1.25 bits per heavy atom. The molecular weight excluding hydrogens is 230 g/mol. The second-order valence-electron chi connectivity index (χ2n) is 3.92. The van der Waals surface area contributed by atoms with Gasteiger partial charge in [-0.3, -0.25) is 9.35 Å². The van der Waals surface area contributed by atoms with Crippen LogP contribution in [0.5, 0.6) is 0 Å². The van der Waals surface area contributed by atoms with Crippen molar-refractivity contribution in [1.29, 1.82) is 0 Å². The Bertz CT molecular complexity index is 307. The van der Waals surface area contributed by atoms with Crippen LogP contribution < -0.4 is 5.73 Å². The minimum absolute atomic E-state index is 0.314. The molecule has 0 spiro atoms. The Balaban J connectivity index is 4.82. The van der Waals surface area contributed by atoms with E-state index in [1.165, 1.54) is 0 Å². The SMILES string of the molecule is CCCC(CCC)C(=O)C(CN)S(=O)(=O)O. The molecule has 1 atom stereocenters. The van der Waals surface area contributed by atoms with E-state index in [1.807, 2.05) is 13.8 Å². The molecule has 0 aliphatic rings. The van der Waals surface area contributed by atoms with E-state index in [2.05, 4.69) is 0 Å². The molecule has 1 unspecified atom stereocenters. The summed E-state index contributed by atoms with van der Waals surface area (Å²) < 4.78 is 30.8. The van der Waals surface area contributed by atoms with Gasteiger partial charge in [-0.25, -0.2) is 0 Å². The normalized spacial score (nSPS) is 14.1. The zero-order chi connectivity index (χ0) is 12.8. The highest BCUT2D eigenvalue weighted by Crippen LogP contribution is 2.18. The lowest BCUT2D eigenvalue weighted by Crippen LogP contribution is -2.40. The fourth-order valence-corrected chi connectivity index (χ4v) is 2.50. The third-order valence-electron chi connectivity index (χ3n) is 2.57. The monoisotopic (exact) mass is 251 g/mol. The van der Waals surface area contributed by atoms with Crippen molar-refractivity contribution in [2.45, 2.75) is 44.8 Å². The largest absolute Gasteiger partial charge is 0.329 e. The van der Waals surface area contributed by atoms with Crippen molar-refractivity contribution < 1.29 is 17.8 Å². The van der Waals surface area contributed by atoms with Crippen molar-refractivity contribution in [3.05, 3.63) is 0 Å². The number of hydrogen-bond acceptors (Lipinski definition) is 4. The van der Waals surface area contributed by atoms with Crippen molar-refractivity contribution in [1.82, 2.24) is 0 Å². The van der Waals surface area contributed by atoms with E-state index in [0.29, 0.717) is 12.8 Å². The highest BCUT2D eigenvalue weighted by Gasteiger charge is 2.33. The number of Topliss-reactive ketones (excluding diaryl/α,β-unsaturated/α-hetero) is 1. The molecule has 3 N–H and O–H groups in total. The summed E-state index contributed by atoms with van der Waals surface area (Å²) in [6.07, 6.45) is 2.88. The highest BCUT2D eigenvalue weighted by molar-refractivity contribution is 7.87. The predicted octanol–water partition coefficient (Wildman–Crippen LogP) is 0.987. The van der Waals surface area contributed by atoms with Gasteiger partial charge in [-0.1, -0.05) is 26.7 Å². The molecule has 0 saturated carbocycles. The molecule has 0 radical (unpaired) electrons. The van der Waals surface area contributed by atoms with Crippen LogP contribution in [0.15, 0.2) is 0 Å². The van der Waals surface area contributed by atoms with Gasteiger partial charge in [0.2, 0.25) is 0 Å². The maximum atomic E-state index is 11.9. The Morgan fingerprint density at radius 3 is 1.94 bits per heavy atom. The van der Waals surface area contributed by atoms with Crippen LogP contribution in [0.3, 0.4) is 0 Å². The molecular formula is C10H21NO4S. The van der Waals surface area contributed by atoms with Gasteiger partial charge >= 0.3 is 0 Å². The quantitative estimate of drug-likeness (QED) is 0.627. The molecule has 0 fully saturated rings. The van der Waals surface area contributed by atoms with E-state index in [4.69, 9.17) is 10.3 Å². The number of hydrogen-bond donors (Lipinski definition) is 2. The van der Waals surface area contributed by atoms with Gasteiger partial charge in [0.1, 0.15) is 0 Å². The molecule has 0 aromatic rings. The number of carbonyl (C=O) groups is 1. The average molecular weight is 251 g/mol. The Hall–Kier alpha value is -0.460. The van der Waals surface area contributed by atoms with Gasteiger partial charge in [0.05, 0.1) is 0 Å². The molecule has 0 heterocycles. The maximum absolute atomic E-state index is 11.9. The number of rotatable bonds is 8. The molecule has 0 rings (SSSR count). The molecule has 0 aromatic heterocycles. The second kappa shape index (κ2) is 6.98. The first kappa shape index (κ1) is 15.5. The number of nitrogens with two attached hydrogens (primary N) is 1.